The number of rotatable bonds is 6. The van der Waals surface area contributed by atoms with Gasteiger partial charge in [-0.1, -0.05) is 36.4 Å². The summed E-state index contributed by atoms with van der Waals surface area (Å²) in [7, 11) is -0.488. The number of amides is 1. The summed E-state index contributed by atoms with van der Waals surface area (Å²) in [6.07, 6.45) is 2.84. The van der Waals surface area contributed by atoms with Gasteiger partial charge >= 0.3 is 13.1 Å². The fourth-order valence-electron chi connectivity index (χ4n) is 5.70. The Morgan fingerprint density at radius 1 is 1.00 bits per heavy atom. The molecular formula is C33H43BN2O5. The lowest BCUT2D eigenvalue weighted by Gasteiger charge is -2.32. The standard InChI is InChI=1S/C33H43BN2O5/c1-31(2,3)39-29(37)15-14-22-10-8-11-24(20-22)23-16-18-36(19-17-23)30(38)28-21-25-26(12-9-13-27(25)35-28)34-40-32(4,5)33(6,7)41-34/h8-13,20-21,23,35H,14-19H2,1-7H3. The van der Waals surface area contributed by atoms with Gasteiger partial charge in [-0.3, -0.25) is 9.59 Å². The average Bonchev–Trinajstić information content (AvgIpc) is 3.43. The largest absolute Gasteiger partial charge is 0.495 e. The summed E-state index contributed by atoms with van der Waals surface area (Å²) >= 11 is 0. The van der Waals surface area contributed by atoms with Crippen molar-refractivity contribution >= 4 is 35.4 Å². The second-order valence-corrected chi connectivity index (χ2v) is 13.5. The number of nitrogens with one attached hydrogen (secondary N) is 1. The number of carbonyl (C=O) groups excluding carboxylic acids is 2. The van der Waals surface area contributed by atoms with Crippen LogP contribution in [0.25, 0.3) is 10.9 Å². The Morgan fingerprint density at radius 3 is 2.32 bits per heavy atom. The number of benzene rings is 2. The van der Waals surface area contributed by atoms with Crippen molar-refractivity contribution in [2.24, 2.45) is 0 Å². The van der Waals surface area contributed by atoms with Crippen molar-refractivity contribution in [2.75, 3.05) is 13.1 Å². The van der Waals surface area contributed by atoms with E-state index in [9.17, 15) is 9.59 Å². The molecule has 218 valence electrons. The number of H-pyrrole nitrogens is 1. The molecule has 0 aliphatic carbocycles. The third kappa shape index (κ3) is 6.39. The van der Waals surface area contributed by atoms with E-state index in [1.165, 1.54) is 5.56 Å². The molecule has 2 aromatic carbocycles. The predicted octanol–water partition coefficient (Wildman–Crippen LogP) is 5.76. The van der Waals surface area contributed by atoms with Crippen molar-refractivity contribution in [1.29, 1.82) is 0 Å². The van der Waals surface area contributed by atoms with Crippen molar-refractivity contribution in [2.45, 2.75) is 96.9 Å². The van der Waals surface area contributed by atoms with Crippen molar-refractivity contribution in [3.05, 3.63) is 65.4 Å². The number of esters is 1. The normalized spacial score (nSPS) is 19.1. The van der Waals surface area contributed by atoms with Gasteiger partial charge in [-0.15, -0.1) is 0 Å². The number of likely N-dealkylation sites (tertiary alicyclic amines) is 1. The number of hydrogen-bond donors (Lipinski definition) is 1. The van der Waals surface area contributed by atoms with Crippen LogP contribution in [0.15, 0.2) is 48.5 Å². The number of aromatic nitrogens is 1. The number of carbonyl (C=O) groups is 2. The topological polar surface area (TPSA) is 80.9 Å². The number of aryl methyl sites for hydroxylation is 1. The van der Waals surface area contributed by atoms with E-state index in [0.29, 0.717) is 37.5 Å². The molecule has 2 aliphatic rings. The molecule has 0 saturated carbocycles. The van der Waals surface area contributed by atoms with Crippen LogP contribution >= 0.6 is 0 Å². The highest BCUT2D eigenvalue weighted by atomic mass is 16.7. The fraction of sp³-hybridized carbons (Fsp3) is 0.515. The molecule has 2 saturated heterocycles. The lowest BCUT2D eigenvalue weighted by molar-refractivity contribution is -0.154. The van der Waals surface area contributed by atoms with E-state index in [-0.39, 0.29) is 11.9 Å². The lowest BCUT2D eigenvalue weighted by atomic mass is 9.77. The summed E-state index contributed by atoms with van der Waals surface area (Å²) in [4.78, 5) is 31.0. The zero-order chi connectivity index (χ0) is 29.6. The van der Waals surface area contributed by atoms with Crippen LogP contribution in [0.2, 0.25) is 0 Å². The highest BCUT2D eigenvalue weighted by Gasteiger charge is 2.52. The number of nitrogens with zero attached hydrogens (tertiary/aromatic N) is 1. The van der Waals surface area contributed by atoms with Gasteiger partial charge in [0.15, 0.2) is 0 Å². The van der Waals surface area contributed by atoms with Gasteiger partial charge in [0.25, 0.3) is 5.91 Å². The van der Waals surface area contributed by atoms with E-state index in [0.717, 1.165) is 34.8 Å². The molecule has 8 heteroatoms. The van der Waals surface area contributed by atoms with Crippen LogP contribution in [0.1, 0.15) is 95.3 Å². The Balaban J connectivity index is 1.22. The number of hydrogen-bond acceptors (Lipinski definition) is 5. The molecule has 1 N–H and O–H groups in total. The van der Waals surface area contributed by atoms with E-state index in [2.05, 4.69) is 29.2 Å². The van der Waals surface area contributed by atoms with E-state index in [4.69, 9.17) is 14.0 Å². The number of piperidine rings is 1. The summed E-state index contributed by atoms with van der Waals surface area (Å²) < 4.78 is 18.0. The molecule has 0 unspecified atom stereocenters. The van der Waals surface area contributed by atoms with Crippen LogP contribution in [-0.2, 0) is 25.3 Å². The minimum Gasteiger partial charge on any atom is -0.460 e. The monoisotopic (exact) mass is 558 g/mol. The van der Waals surface area contributed by atoms with Crippen LogP contribution in [0.4, 0.5) is 0 Å². The van der Waals surface area contributed by atoms with Crippen LogP contribution in [-0.4, -0.2) is 58.8 Å². The maximum absolute atomic E-state index is 13.5. The lowest BCUT2D eigenvalue weighted by Crippen LogP contribution is -2.41. The molecule has 0 spiro atoms. The van der Waals surface area contributed by atoms with Gasteiger partial charge in [0.1, 0.15) is 11.3 Å². The van der Waals surface area contributed by atoms with Gasteiger partial charge in [-0.25, -0.2) is 0 Å². The molecule has 3 aromatic rings. The third-order valence-electron chi connectivity index (χ3n) is 8.68. The maximum atomic E-state index is 13.5. The van der Waals surface area contributed by atoms with Gasteiger partial charge in [-0.05, 0) is 108 Å². The van der Waals surface area contributed by atoms with Crippen LogP contribution in [0, 0.1) is 0 Å². The highest BCUT2D eigenvalue weighted by Crippen LogP contribution is 2.37. The molecule has 5 rings (SSSR count). The minimum atomic E-state index is -0.488. The Hall–Kier alpha value is -3.10. The summed E-state index contributed by atoms with van der Waals surface area (Å²) in [6, 6.07) is 16.4. The van der Waals surface area contributed by atoms with E-state index in [1.54, 1.807) is 0 Å². The summed E-state index contributed by atoms with van der Waals surface area (Å²) in [6.45, 7) is 15.2. The molecule has 0 radical (unpaired) electrons. The van der Waals surface area contributed by atoms with Crippen molar-refractivity contribution in [1.82, 2.24) is 9.88 Å². The SMILES string of the molecule is CC(C)(C)OC(=O)CCc1cccc(C2CCN(C(=O)c3cc4c(B5OC(C)(C)C(C)(C)O5)cccc4[nH]3)CC2)c1. The Labute approximate surface area is 244 Å². The fourth-order valence-corrected chi connectivity index (χ4v) is 5.70. The minimum absolute atomic E-state index is 0.0191. The Bertz CT molecular complexity index is 1410. The first-order valence-corrected chi connectivity index (χ1v) is 14.8. The van der Waals surface area contributed by atoms with Gasteiger partial charge in [0.05, 0.1) is 11.2 Å². The van der Waals surface area contributed by atoms with Crippen LogP contribution in [0.3, 0.4) is 0 Å². The van der Waals surface area contributed by atoms with Crippen molar-refractivity contribution in [3.63, 3.8) is 0 Å². The molecule has 2 aliphatic heterocycles. The van der Waals surface area contributed by atoms with E-state index < -0.39 is 23.9 Å². The van der Waals surface area contributed by atoms with Gasteiger partial charge in [-0.2, -0.15) is 0 Å². The number of fused-ring (bicyclic) bond motifs is 1. The van der Waals surface area contributed by atoms with Crippen molar-refractivity contribution in [3.8, 4) is 0 Å². The highest BCUT2D eigenvalue weighted by molar-refractivity contribution is 6.65. The average molecular weight is 559 g/mol. The molecule has 2 fully saturated rings. The smallest absolute Gasteiger partial charge is 0.460 e. The van der Waals surface area contributed by atoms with Gasteiger partial charge in [0, 0.05) is 25.0 Å². The van der Waals surface area contributed by atoms with Gasteiger partial charge < -0.3 is 23.9 Å². The molecule has 41 heavy (non-hydrogen) atoms. The first-order chi connectivity index (χ1) is 19.2. The third-order valence-corrected chi connectivity index (χ3v) is 8.68. The van der Waals surface area contributed by atoms with E-state index in [1.807, 2.05) is 77.6 Å². The predicted molar refractivity (Wildman–Crippen MR) is 163 cm³/mol. The van der Waals surface area contributed by atoms with Crippen LogP contribution in [0.5, 0.6) is 0 Å². The van der Waals surface area contributed by atoms with Crippen LogP contribution < -0.4 is 5.46 Å². The van der Waals surface area contributed by atoms with Gasteiger partial charge in [0.2, 0.25) is 0 Å². The molecule has 0 bridgehead atoms. The van der Waals surface area contributed by atoms with E-state index >= 15 is 0 Å². The number of aromatic amines is 1. The first-order valence-electron chi connectivity index (χ1n) is 14.8. The molecule has 1 amide bonds. The number of ether oxygens (including phenoxy) is 1. The molecule has 0 atom stereocenters. The maximum Gasteiger partial charge on any atom is 0.495 e. The molecule has 7 nitrogen and oxygen atoms in total. The van der Waals surface area contributed by atoms with Crippen molar-refractivity contribution < 1.29 is 23.6 Å². The Morgan fingerprint density at radius 2 is 1.66 bits per heavy atom. The second kappa shape index (κ2) is 11.0. The summed E-state index contributed by atoms with van der Waals surface area (Å²) in [5.74, 6) is 0.235. The molecular weight excluding hydrogens is 515 g/mol. The Kier molecular flexibility index (Phi) is 7.85. The summed E-state index contributed by atoms with van der Waals surface area (Å²) in [5, 5.41) is 0.951. The summed E-state index contributed by atoms with van der Waals surface area (Å²) in [5.41, 5.74) is 3.51. The zero-order valence-electron chi connectivity index (χ0n) is 25.5. The second-order valence-electron chi connectivity index (χ2n) is 13.5. The quantitative estimate of drug-likeness (QED) is 0.307. The zero-order valence-corrected chi connectivity index (χ0v) is 25.5. The molecule has 3 heterocycles. The molecule has 1 aromatic heterocycles. The first kappa shape index (κ1) is 29.4.